The molecule has 0 saturated carbocycles. The van der Waals surface area contributed by atoms with Crippen molar-refractivity contribution in [2.45, 2.75) is 6.42 Å². The van der Waals surface area contributed by atoms with Crippen LogP contribution >= 0.6 is 23.2 Å². The van der Waals surface area contributed by atoms with Crippen molar-refractivity contribution in [2.75, 3.05) is 16.8 Å². The first-order chi connectivity index (χ1) is 12.4. The SMILES string of the molecule is O=C(Nc1cccc(Cl)c1Cl)[C@@H]1CC(=O)N(c2ccc([N+](=O)[O-])cc2)C1. The Morgan fingerprint density at radius 2 is 1.88 bits per heavy atom. The van der Waals surface area contributed by atoms with Crippen LogP contribution in [-0.2, 0) is 9.59 Å². The number of amides is 2. The van der Waals surface area contributed by atoms with E-state index >= 15 is 0 Å². The lowest BCUT2D eigenvalue weighted by atomic mass is 10.1. The van der Waals surface area contributed by atoms with E-state index in [-0.39, 0.29) is 35.5 Å². The van der Waals surface area contributed by atoms with Crippen molar-refractivity contribution in [3.8, 4) is 0 Å². The summed E-state index contributed by atoms with van der Waals surface area (Å²) in [5, 5.41) is 14.0. The van der Waals surface area contributed by atoms with Crippen LogP contribution < -0.4 is 10.2 Å². The number of carbonyl (C=O) groups is 2. The van der Waals surface area contributed by atoms with Gasteiger partial charge in [0.15, 0.2) is 0 Å². The van der Waals surface area contributed by atoms with Crippen molar-refractivity contribution in [1.29, 1.82) is 0 Å². The predicted octanol–water partition coefficient (Wildman–Crippen LogP) is 3.89. The lowest BCUT2D eigenvalue weighted by molar-refractivity contribution is -0.384. The van der Waals surface area contributed by atoms with Crippen molar-refractivity contribution in [3.63, 3.8) is 0 Å². The number of non-ortho nitro benzene ring substituents is 1. The third kappa shape index (κ3) is 3.63. The third-order valence-electron chi connectivity index (χ3n) is 4.08. The number of carbonyl (C=O) groups excluding carboxylic acids is 2. The normalized spacial score (nSPS) is 16.6. The van der Waals surface area contributed by atoms with E-state index in [4.69, 9.17) is 23.2 Å². The second-order valence-electron chi connectivity index (χ2n) is 5.77. The minimum absolute atomic E-state index is 0.0427. The minimum atomic E-state index is -0.562. The maximum atomic E-state index is 12.5. The molecule has 1 atom stereocenters. The molecule has 1 heterocycles. The molecule has 2 aromatic rings. The first kappa shape index (κ1) is 18.2. The molecule has 2 amide bonds. The van der Waals surface area contributed by atoms with Gasteiger partial charge in [-0.05, 0) is 24.3 Å². The van der Waals surface area contributed by atoms with Gasteiger partial charge < -0.3 is 10.2 Å². The number of nitrogens with zero attached hydrogens (tertiary/aromatic N) is 2. The number of nitro benzene ring substituents is 1. The fraction of sp³-hybridized carbons (Fsp3) is 0.176. The van der Waals surface area contributed by atoms with Crippen LogP contribution in [0.2, 0.25) is 10.0 Å². The minimum Gasteiger partial charge on any atom is -0.324 e. The van der Waals surface area contributed by atoms with Crippen LogP contribution in [0, 0.1) is 16.0 Å². The maximum Gasteiger partial charge on any atom is 0.269 e. The molecule has 1 N–H and O–H groups in total. The zero-order valence-corrected chi connectivity index (χ0v) is 14.8. The molecule has 7 nitrogen and oxygen atoms in total. The second-order valence-corrected chi connectivity index (χ2v) is 6.55. The van der Waals surface area contributed by atoms with Crippen LogP contribution in [0.15, 0.2) is 42.5 Å². The van der Waals surface area contributed by atoms with Gasteiger partial charge in [-0.2, -0.15) is 0 Å². The zero-order valence-electron chi connectivity index (χ0n) is 13.3. The summed E-state index contributed by atoms with van der Waals surface area (Å²) in [5.41, 5.74) is 0.826. The van der Waals surface area contributed by atoms with Crippen LogP contribution in [-0.4, -0.2) is 23.3 Å². The number of hydrogen-bond donors (Lipinski definition) is 1. The molecule has 1 aliphatic heterocycles. The van der Waals surface area contributed by atoms with Crippen molar-refractivity contribution < 1.29 is 14.5 Å². The van der Waals surface area contributed by atoms with Gasteiger partial charge in [-0.15, -0.1) is 0 Å². The summed E-state index contributed by atoms with van der Waals surface area (Å²) in [6.07, 6.45) is 0.0427. The van der Waals surface area contributed by atoms with Gasteiger partial charge >= 0.3 is 0 Å². The summed E-state index contributed by atoms with van der Waals surface area (Å²) in [6, 6.07) is 10.5. The van der Waals surface area contributed by atoms with E-state index in [0.717, 1.165) is 0 Å². The number of halogens is 2. The first-order valence-electron chi connectivity index (χ1n) is 7.66. The van der Waals surface area contributed by atoms with Crippen molar-refractivity contribution in [3.05, 3.63) is 62.6 Å². The average molecular weight is 394 g/mol. The Labute approximate surface area is 158 Å². The highest BCUT2D eigenvalue weighted by Crippen LogP contribution is 2.31. The van der Waals surface area contributed by atoms with Gasteiger partial charge in [-0.25, -0.2) is 0 Å². The van der Waals surface area contributed by atoms with E-state index in [9.17, 15) is 19.7 Å². The molecular weight excluding hydrogens is 381 g/mol. The third-order valence-corrected chi connectivity index (χ3v) is 4.90. The van der Waals surface area contributed by atoms with Crippen LogP contribution in [0.3, 0.4) is 0 Å². The van der Waals surface area contributed by atoms with Gasteiger partial charge in [0.05, 0.1) is 26.6 Å². The monoisotopic (exact) mass is 393 g/mol. The predicted molar refractivity (Wildman–Crippen MR) is 98.6 cm³/mol. The van der Waals surface area contributed by atoms with Crippen LogP contribution in [0.5, 0.6) is 0 Å². The van der Waals surface area contributed by atoms with E-state index in [1.165, 1.54) is 29.2 Å². The Balaban J connectivity index is 1.71. The molecule has 1 saturated heterocycles. The maximum absolute atomic E-state index is 12.5. The fourth-order valence-corrected chi connectivity index (χ4v) is 3.07. The summed E-state index contributed by atoms with van der Waals surface area (Å²) in [7, 11) is 0. The molecule has 0 aliphatic carbocycles. The number of rotatable bonds is 4. The summed E-state index contributed by atoms with van der Waals surface area (Å²) >= 11 is 12.0. The van der Waals surface area contributed by atoms with Gasteiger partial charge in [0.2, 0.25) is 11.8 Å². The summed E-state index contributed by atoms with van der Waals surface area (Å²) in [5.74, 6) is -1.13. The lowest BCUT2D eigenvalue weighted by Crippen LogP contribution is -2.28. The van der Waals surface area contributed by atoms with Crippen LogP contribution in [0.1, 0.15) is 6.42 Å². The summed E-state index contributed by atoms with van der Waals surface area (Å²) in [4.78, 5) is 36.4. The van der Waals surface area contributed by atoms with Crippen molar-refractivity contribution in [1.82, 2.24) is 0 Å². The Bertz CT molecular complexity index is 886. The van der Waals surface area contributed by atoms with Gasteiger partial charge in [-0.3, -0.25) is 19.7 Å². The van der Waals surface area contributed by atoms with Gasteiger partial charge in [0.25, 0.3) is 5.69 Å². The van der Waals surface area contributed by atoms with Gasteiger partial charge in [-0.1, -0.05) is 29.3 Å². The number of hydrogen-bond acceptors (Lipinski definition) is 4. The molecule has 9 heteroatoms. The largest absolute Gasteiger partial charge is 0.324 e. The lowest BCUT2D eigenvalue weighted by Gasteiger charge is -2.16. The first-order valence-corrected chi connectivity index (χ1v) is 8.42. The van der Waals surface area contributed by atoms with E-state index in [1.807, 2.05) is 0 Å². The van der Waals surface area contributed by atoms with Gasteiger partial charge in [0, 0.05) is 30.8 Å². The molecule has 0 unspecified atom stereocenters. The molecule has 0 spiro atoms. The Kier molecular flexibility index (Phi) is 5.11. The topological polar surface area (TPSA) is 92.6 Å². The molecule has 2 aromatic carbocycles. The Morgan fingerprint density at radius 1 is 1.19 bits per heavy atom. The highest BCUT2D eigenvalue weighted by atomic mass is 35.5. The highest BCUT2D eigenvalue weighted by molar-refractivity contribution is 6.44. The smallest absolute Gasteiger partial charge is 0.269 e. The summed E-state index contributed by atoms with van der Waals surface area (Å²) in [6.45, 7) is 0.181. The zero-order chi connectivity index (χ0) is 18.8. The average Bonchev–Trinajstić information content (AvgIpc) is 3.01. The molecule has 26 heavy (non-hydrogen) atoms. The standard InChI is InChI=1S/C17H13Cl2N3O4/c18-13-2-1-3-14(16(13)19)20-17(24)10-8-15(23)21(9-10)11-4-6-12(7-5-11)22(25)26/h1-7,10H,8-9H2,(H,20,24)/t10-/m1/s1. The number of anilines is 2. The Hall–Kier alpha value is -2.64. The van der Waals surface area contributed by atoms with Crippen LogP contribution in [0.25, 0.3) is 0 Å². The highest BCUT2D eigenvalue weighted by Gasteiger charge is 2.35. The van der Waals surface area contributed by atoms with E-state index in [2.05, 4.69) is 5.32 Å². The van der Waals surface area contributed by atoms with Crippen LogP contribution in [0.4, 0.5) is 17.1 Å². The molecule has 1 fully saturated rings. The number of benzene rings is 2. The molecule has 1 aliphatic rings. The van der Waals surface area contributed by atoms with Crippen molar-refractivity contribution >= 4 is 52.1 Å². The molecule has 0 bridgehead atoms. The molecule has 0 radical (unpaired) electrons. The Morgan fingerprint density at radius 3 is 2.54 bits per heavy atom. The summed E-state index contributed by atoms with van der Waals surface area (Å²) < 4.78 is 0. The number of nitrogens with one attached hydrogen (secondary N) is 1. The van der Waals surface area contributed by atoms with E-state index in [1.54, 1.807) is 18.2 Å². The number of nitro groups is 1. The molecular formula is C17H13Cl2N3O4. The second kappa shape index (κ2) is 7.31. The quantitative estimate of drug-likeness (QED) is 0.629. The molecule has 3 rings (SSSR count). The fourth-order valence-electron chi connectivity index (χ4n) is 2.72. The van der Waals surface area contributed by atoms with E-state index in [0.29, 0.717) is 16.4 Å². The van der Waals surface area contributed by atoms with Crippen molar-refractivity contribution in [2.24, 2.45) is 5.92 Å². The molecule has 0 aromatic heterocycles. The van der Waals surface area contributed by atoms with Gasteiger partial charge in [0.1, 0.15) is 0 Å². The molecule has 134 valence electrons. The van der Waals surface area contributed by atoms with E-state index < -0.39 is 10.8 Å².